The van der Waals surface area contributed by atoms with Crippen LogP contribution in [0.3, 0.4) is 0 Å². The molecular weight excluding hydrogens is 370 g/mol. The van der Waals surface area contributed by atoms with Crippen LogP contribution in [-0.2, 0) is 6.61 Å². The molecule has 4 aromatic rings. The van der Waals surface area contributed by atoms with E-state index in [0.29, 0.717) is 12.2 Å². The van der Waals surface area contributed by atoms with E-state index in [2.05, 4.69) is 5.32 Å². The quantitative estimate of drug-likeness (QED) is 0.357. The Labute approximate surface area is 177 Å². The van der Waals surface area contributed by atoms with Crippen LogP contribution in [0.15, 0.2) is 115 Å². The molecule has 1 atom stereocenters. The van der Waals surface area contributed by atoms with Gasteiger partial charge >= 0.3 is 0 Å². The van der Waals surface area contributed by atoms with E-state index in [1.807, 2.05) is 115 Å². The summed E-state index contributed by atoms with van der Waals surface area (Å²) in [6, 6.07) is 36.5. The predicted molar refractivity (Wildman–Crippen MR) is 121 cm³/mol. The molecule has 0 fully saturated rings. The fraction of sp³-hybridized carbons (Fsp3) is 0.0741. The highest BCUT2D eigenvalue weighted by Gasteiger charge is 2.22. The fourth-order valence-corrected chi connectivity index (χ4v) is 3.27. The van der Waals surface area contributed by atoms with Gasteiger partial charge in [-0.3, -0.25) is 4.79 Å². The van der Waals surface area contributed by atoms with Crippen molar-refractivity contribution in [3.05, 3.63) is 132 Å². The largest absolute Gasteiger partial charge is 0.489 e. The smallest absolute Gasteiger partial charge is 0.189 e. The van der Waals surface area contributed by atoms with Gasteiger partial charge in [0.25, 0.3) is 0 Å². The lowest BCUT2D eigenvalue weighted by Gasteiger charge is -2.19. The van der Waals surface area contributed by atoms with Crippen LogP contribution >= 0.6 is 0 Å². The van der Waals surface area contributed by atoms with Gasteiger partial charge in [-0.2, -0.15) is 0 Å². The van der Waals surface area contributed by atoms with Crippen molar-refractivity contribution in [1.29, 1.82) is 0 Å². The molecule has 0 saturated carbocycles. The van der Waals surface area contributed by atoms with E-state index in [9.17, 15) is 4.79 Å². The minimum absolute atomic E-state index is 0.0136. The molecule has 0 saturated heterocycles. The minimum atomic E-state index is -0.468. The summed E-state index contributed by atoms with van der Waals surface area (Å²) in [6.07, 6.45) is 0. The van der Waals surface area contributed by atoms with E-state index in [1.165, 1.54) is 0 Å². The highest BCUT2D eigenvalue weighted by atomic mass is 16.5. The van der Waals surface area contributed by atoms with Gasteiger partial charge in [0.2, 0.25) is 0 Å². The van der Waals surface area contributed by atoms with Crippen molar-refractivity contribution >= 4 is 11.5 Å². The summed E-state index contributed by atoms with van der Waals surface area (Å²) < 4.78 is 5.84. The standard InChI is InChI=1S/C27H23NO2/c29-27(23-16-18-25(19-17-23)30-20-21-10-4-1-5-11-21)26(22-12-6-2-7-13-22)28-24-14-8-3-9-15-24/h1-19,26,28H,20H2. The predicted octanol–water partition coefficient (Wildman–Crippen LogP) is 6.30. The first-order valence-corrected chi connectivity index (χ1v) is 9.97. The molecule has 148 valence electrons. The monoisotopic (exact) mass is 393 g/mol. The van der Waals surface area contributed by atoms with Crippen molar-refractivity contribution in [3.63, 3.8) is 0 Å². The van der Waals surface area contributed by atoms with Crippen LogP contribution in [0.5, 0.6) is 5.75 Å². The molecule has 0 spiro atoms. The minimum Gasteiger partial charge on any atom is -0.489 e. The zero-order valence-corrected chi connectivity index (χ0v) is 16.6. The molecule has 0 amide bonds. The molecule has 0 heterocycles. The second kappa shape index (κ2) is 9.57. The Balaban J connectivity index is 1.51. The third-order valence-electron chi connectivity index (χ3n) is 4.87. The lowest BCUT2D eigenvalue weighted by atomic mass is 9.97. The van der Waals surface area contributed by atoms with Gasteiger partial charge in [-0.05, 0) is 47.5 Å². The molecule has 0 aliphatic rings. The number of benzene rings is 4. The summed E-state index contributed by atoms with van der Waals surface area (Å²) in [4.78, 5) is 13.3. The molecular formula is C27H23NO2. The van der Waals surface area contributed by atoms with E-state index < -0.39 is 6.04 Å². The van der Waals surface area contributed by atoms with Crippen molar-refractivity contribution in [2.45, 2.75) is 12.6 Å². The summed E-state index contributed by atoms with van der Waals surface area (Å²) in [5, 5.41) is 3.37. The van der Waals surface area contributed by atoms with Crippen LogP contribution in [0.4, 0.5) is 5.69 Å². The van der Waals surface area contributed by atoms with Crippen molar-refractivity contribution in [2.75, 3.05) is 5.32 Å². The molecule has 0 aliphatic carbocycles. The molecule has 3 nitrogen and oxygen atoms in total. The number of hydrogen-bond donors (Lipinski definition) is 1. The summed E-state index contributed by atoms with van der Waals surface area (Å²) in [5.74, 6) is 0.752. The van der Waals surface area contributed by atoms with E-state index in [4.69, 9.17) is 4.74 Å². The molecule has 3 heteroatoms. The maximum atomic E-state index is 13.3. The maximum absolute atomic E-state index is 13.3. The number of carbonyl (C=O) groups excluding carboxylic acids is 1. The summed E-state index contributed by atoms with van der Waals surface area (Å²) in [7, 11) is 0. The molecule has 4 rings (SSSR count). The van der Waals surface area contributed by atoms with Crippen LogP contribution in [0, 0.1) is 0 Å². The van der Waals surface area contributed by atoms with E-state index in [-0.39, 0.29) is 5.78 Å². The SMILES string of the molecule is O=C(c1ccc(OCc2ccccc2)cc1)C(Nc1ccccc1)c1ccccc1. The lowest BCUT2D eigenvalue weighted by Crippen LogP contribution is -2.21. The van der Waals surface area contributed by atoms with Crippen LogP contribution in [-0.4, -0.2) is 5.78 Å². The summed E-state index contributed by atoms with van der Waals surface area (Å²) in [5.41, 5.74) is 3.58. The van der Waals surface area contributed by atoms with Crippen molar-refractivity contribution in [3.8, 4) is 5.75 Å². The fourth-order valence-electron chi connectivity index (χ4n) is 3.27. The van der Waals surface area contributed by atoms with Gasteiger partial charge in [0.05, 0.1) is 0 Å². The Morgan fingerprint density at radius 2 is 1.27 bits per heavy atom. The first-order chi connectivity index (χ1) is 14.8. The molecule has 0 radical (unpaired) electrons. The van der Waals surface area contributed by atoms with Crippen molar-refractivity contribution < 1.29 is 9.53 Å². The Bertz CT molecular complexity index is 1060. The van der Waals surface area contributed by atoms with Crippen LogP contribution in [0.1, 0.15) is 27.5 Å². The van der Waals surface area contributed by atoms with E-state index >= 15 is 0 Å². The Hall–Kier alpha value is -3.85. The zero-order valence-electron chi connectivity index (χ0n) is 16.6. The average molecular weight is 393 g/mol. The Morgan fingerprint density at radius 1 is 0.700 bits per heavy atom. The molecule has 30 heavy (non-hydrogen) atoms. The van der Waals surface area contributed by atoms with Gasteiger partial charge < -0.3 is 10.1 Å². The second-order valence-electron chi connectivity index (χ2n) is 7.02. The van der Waals surface area contributed by atoms with Crippen molar-refractivity contribution in [1.82, 2.24) is 0 Å². The molecule has 1 N–H and O–H groups in total. The molecule has 0 aliphatic heterocycles. The second-order valence-corrected chi connectivity index (χ2v) is 7.02. The zero-order chi connectivity index (χ0) is 20.6. The van der Waals surface area contributed by atoms with Gasteiger partial charge in [-0.1, -0.05) is 78.9 Å². The third-order valence-corrected chi connectivity index (χ3v) is 4.87. The highest BCUT2D eigenvalue weighted by Crippen LogP contribution is 2.25. The first kappa shape index (κ1) is 19.5. The van der Waals surface area contributed by atoms with Crippen molar-refractivity contribution in [2.24, 2.45) is 0 Å². The molecule has 0 bridgehead atoms. The topological polar surface area (TPSA) is 38.3 Å². The Morgan fingerprint density at radius 3 is 1.90 bits per heavy atom. The average Bonchev–Trinajstić information content (AvgIpc) is 2.83. The number of ether oxygens (including phenoxy) is 1. The molecule has 0 aromatic heterocycles. The molecule has 4 aromatic carbocycles. The normalized spacial score (nSPS) is 11.5. The number of hydrogen-bond acceptors (Lipinski definition) is 3. The number of anilines is 1. The Kier molecular flexibility index (Phi) is 6.21. The van der Waals surface area contributed by atoms with Gasteiger partial charge in [-0.15, -0.1) is 0 Å². The highest BCUT2D eigenvalue weighted by molar-refractivity contribution is 6.02. The van der Waals surface area contributed by atoms with Crippen LogP contribution < -0.4 is 10.1 Å². The number of Topliss-reactive ketones (excluding diaryl/α,β-unsaturated/α-hetero) is 1. The maximum Gasteiger partial charge on any atom is 0.189 e. The van der Waals surface area contributed by atoms with Gasteiger partial charge in [0, 0.05) is 11.3 Å². The third kappa shape index (κ3) is 4.95. The lowest BCUT2D eigenvalue weighted by molar-refractivity contribution is 0.0969. The molecule has 1 unspecified atom stereocenters. The summed E-state index contributed by atoms with van der Waals surface area (Å²) in [6.45, 7) is 0.496. The number of carbonyl (C=O) groups is 1. The first-order valence-electron chi connectivity index (χ1n) is 9.97. The summed E-state index contributed by atoms with van der Waals surface area (Å²) >= 11 is 0. The number of nitrogens with one attached hydrogen (secondary N) is 1. The van der Waals surface area contributed by atoms with Gasteiger partial charge in [0.15, 0.2) is 5.78 Å². The van der Waals surface area contributed by atoms with Gasteiger partial charge in [-0.25, -0.2) is 0 Å². The van der Waals surface area contributed by atoms with Crippen LogP contribution in [0.25, 0.3) is 0 Å². The van der Waals surface area contributed by atoms with E-state index in [0.717, 1.165) is 22.6 Å². The number of para-hydroxylation sites is 1. The number of rotatable bonds is 8. The van der Waals surface area contributed by atoms with Gasteiger partial charge in [0.1, 0.15) is 18.4 Å². The number of ketones is 1. The van der Waals surface area contributed by atoms with E-state index in [1.54, 1.807) is 0 Å². The van der Waals surface area contributed by atoms with Crippen LogP contribution in [0.2, 0.25) is 0 Å².